The summed E-state index contributed by atoms with van der Waals surface area (Å²) >= 11 is 3.03. The van der Waals surface area contributed by atoms with Gasteiger partial charge in [-0.15, -0.1) is 11.3 Å². The predicted molar refractivity (Wildman–Crippen MR) is 113 cm³/mol. The zero-order chi connectivity index (χ0) is 19.6. The molecule has 2 heterocycles. The highest BCUT2D eigenvalue weighted by Crippen LogP contribution is 2.44. The third-order valence-corrected chi connectivity index (χ3v) is 7.19. The van der Waals surface area contributed by atoms with Crippen LogP contribution in [0.3, 0.4) is 0 Å². The lowest BCUT2D eigenvalue weighted by molar-refractivity contribution is -0.140. The van der Waals surface area contributed by atoms with E-state index in [-0.39, 0.29) is 11.7 Å². The van der Waals surface area contributed by atoms with Crippen molar-refractivity contribution >= 4 is 45.1 Å². The highest BCUT2D eigenvalue weighted by Gasteiger charge is 2.31. The molecule has 3 rings (SSSR count). The Morgan fingerprint density at radius 2 is 2.15 bits per heavy atom. The first-order chi connectivity index (χ1) is 12.8. The van der Waals surface area contributed by atoms with Crippen molar-refractivity contribution in [2.75, 3.05) is 18.1 Å². The summed E-state index contributed by atoms with van der Waals surface area (Å²) in [6.07, 6.45) is 5.21. The van der Waals surface area contributed by atoms with Gasteiger partial charge in [0.15, 0.2) is 5.16 Å². The number of nitrogen functional groups attached to an aromatic ring is 1. The number of esters is 1. The van der Waals surface area contributed by atoms with E-state index in [1.807, 2.05) is 0 Å². The molecule has 0 aromatic carbocycles. The number of carbonyl (C=O) groups is 1. The average molecular weight is 408 g/mol. The number of fused-ring (bicyclic) bond motifs is 3. The molecule has 2 aromatic heterocycles. The second-order valence-electron chi connectivity index (χ2n) is 8.24. The number of nitrogens with zero attached hydrogens (tertiary/aromatic N) is 2. The smallest absolute Gasteiger partial charge is 0.316 e. The molecule has 5 nitrogen and oxygen atoms in total. The lowest BCUT2D eigenvalue weighted by atomic mass is 9.72. The second kappa shape index (κ2) is 8.35. The van der Waals surface area contributed by atoms with Crippen LogP contribution in [-0.4, -0.2) is 28.3 Å². The molecule has 1 aliphatic rings. The molecule has 0 saturated carbocycles. The molecule has 0 saturated heterocycles. The molecule has 7 heteroatoms. The maximum Gasteiger partial charge on any atom is 0.316 e. The van der Waals surface area contributed by atoms with Gasteiger partial charge in [-0.2, -0.15) is 0 Å². The first-order valence-electron chi connectivity index (χ1n) is 9.65. The van der Waals surface area contributed by atoms with Gasteiger partial charge in [-0.25, -0.2) is 9.97 Å². The van der Waals surface area contributed by atoms with Crippen molar-refractivity contribution in [3.8, 4) is 0 Å². The minimum absolute atomic E-state index is 0.214. The Bertz CT molecular complexity index is 827. The third-order valence-electron chi connectivity index (χ3n) is 5.22. The van der Waals surface area contributed by atoms with Crippen molar-refractivity contribution in [3.63, 3.8) is 0 Å². The highest BCUT2D eigenvalue weighted by atomic mass is 32.2. The van der Waals surface area contributed by atoms with E-state index in [2.05, 4.69) is 37.7 Å². The van der Waals surface area contributed by atoms with Crippen molar-refractivity contribution in [1.82, 2.24) is 9.97 Å². The molecule has 2 aromatic rings. The average Bonchev–Trinajstić information content (AvgIpc) is 2.97. The number of thiophene rings is 1. The Labute approximate surface area is 169 Å². The number of carbonyl (C=O) groups excluding carboxylic acids is 1. The van der Waals surface area contributed by atoms with Crippen LogP contribution in [0.2, 0.25) is 0 Å². The number of ether oxygens (including phenoxy) is 1. The van der Waals surface area contributed by atoms with Crippen LogP contribution in [0.4, 0.5) is 5.82 Å². The number of nitrogens with two attached hydrogens (primary N) is 1. The van der Waals surface area contributed by atoms with Crippen LogP contribution in [-0.2, 0) is 22.4 Å². The van der Waals surface area contributed by atoms with E-state index >= 15 is 0 Å². The van der Waals surface area contributed by atoms with Gasteiger partial charge in [0, 0.05) is 4.88 Å². The van der Waals surface area contributed by atoms with Crippen LogP contribution < -0.4 is 5.73 Å². The number of unbranched alkanes of at least 4 members (excludes halogenated alkanes) is 1. The van der Waals surface area contributed by atoms with Gasteiger partial charge in [-0.3, -0.25) is 4.79 Å². The zero-order valence-corrected chi connectivity index (χ0v) is 18.3. The molecular formula is C20H29N3O2S2. The van der Waals surface area contributed by atoms with Crippen molar-refractivity contribution in [2.24, 2.45) is 11.3 Å². The predicted octanol–water partition coefficient (Wildman–Crippen LogP) is 4.86. The lowest BCUT2D eigenvalue weighted by Gasteiger charge is -2.33. The van der Waals surface area contributed by atoms with Gasteiger partial charge < -0.3 is 10.5 Å². The first-order valence-corrected chi connectivity index (χ1v) is 11.5. The zero-order valence-electron chi connectivity index (χ0n) is 16.6. The first kappa shape index (κ1) is 20.4. The molecule has 0 amide bonds. The third kappa shape index (κ3) is 4.74. The number of rotatable bonds is 6. The molecule has 1 unspecified atom stereocenters. The fourth-order valence-corrected chi connectivity index (χ4v) is 5.50. The topological polar surface area (TPSA) is 78.1 Å². The van der Waals surface area contributed by atoms with Gasteiger partial charge in [0.25, 0.3) is 0 Å². The van der Waals surface area contributed by atoms with E-state index < -0.39 is 0 Å². The van der Waals surface area contributed by atoms with Crippen LogP contribution in [0.5, 0.6) is 0 Å². The molecule has 0 bridgehead atoms. The molecule has 0 radical (unpaired) electrons. The number of hydrogen-bond acceptors (Lipinski definition) is 7. The van der Waals surface area contributed by atoms with Crippen LogP contribution >= 0.6 is 23.1 Å². The molecule has 1 atom stereocenters. The lowest BCUT2D eigenvalue weighted by Crippen LogP contribution is -2.26. The van der Waals surface area contributed by atoms with E-state index in [4.69, 9.17) is 10.5 Å². The van der Waals surface area contributed by atoms with Crippen molar-refractivity contribution in [1.29, 1.82) is 0 Å². The normalized spacial score (nSPS) is 17.1. The highest BCUT2D eigenvalue weighted by molar-refractivity contribution is 7.99. The number of anilines is 1. The summed E-state index contributed by atoms with van der Waals surface area (Å²) < 4.78 is 5.19. The van der Waals surface area contributed by atoms with Gasteiger partial charge in [-0.1, -0.05) is 45.9 Å². The molecule has 27 heavy (non-hydrogen) atoms. The van der Waals surface area contributed by atoms with Crippen LogP contribution in [0, 0.1) is 11.3 Å². The summed E-state index contributed by atoms with van der Waals surface area (Å²) in [7, 11) is 0. The fraction of sp³-hybridized carbons (Fsp3) is 0.650. The van der Waals surface area contributed by atoms with Crippen molar-refractivity contribution in [3.05, 3.63) is 10.4 Å². The maximum absolute atomic E-state index is 11.8. The molecule has 0 fully saturated rings. The van der Waals surface area contributed by atoms with E-state index in [0.29, 0.717) is 28.9 Å². The van der Waals surface area contributed by atoms with Crippen LogP contribution in [0.25, 0.3) is 10.2 Å². The van der Waals surface area contributed by atoms with E-state index in [9.17, 15) is 4.79 Å². The summed E-state index contributed by atoms with van der Waals surface area (Å²) in [5.74, 6) is 1.20. The van der Waals surface area contributed by atoms with Crippen molar-refractivity contribution < 1.29 is 9.53 Å². The fourth-order valence-electron chi connectivity index (χ4n) is 3.48. The Morgan fingerprint density at radius 1 is 1.37 bits per heavy atom. The van der Waals surface area contributed by atoms with Gasteiger partial charge in [-0.05, 0) is 42.6 Å². The number of aromatic nitrogens is 2. The van der Waals surface area contributed by atoms with Crippen LogP contribution in [0.1, 0.15) is 57.4 Å². The van der Waals surface area contributed by atoms with E-state index in [1.165, 1.54) is 28.6 Å². The number of hydrogen-bond donors (Lipinski definition) is 1. The summed E-state index contributed by atoms with van der Waals surface area (Å²) in [6, 6.07) is 0. The molecule has 0 aliphatic heterocycles. The minimum atomic E-state index is -0.228. The van der Waals surface area contributed by atoms with E-state index in [0.717, 1.165) is 35.9 Å². The minimum Gasteiger partial charge on any atom is -0.465 e. The van der Waals surface area contributed by atoms with Crippen molar-refractivity contribution in [2.45, 2.75) is 65.0 Å². The van der Waals surface area contributed by atoms with Gasteiger partial charge in [0.2, 0.25) is 0 Å². The Morgan fingerprint density at radius 3 is 2.85 bits per heavy atom. The summed E-state index contributed by atoms with van der Waals surface area (Å²) in [4.78, 5) is 23.3. The Kier molecular flexibility index (Phi) is 6.31. The van der Waals surface area contributed by atoms with Gasteiger partial charge >= 0.3 is 5.97 Å². The Hall–Kier alpha value is -1.34. The number of thioether (sulfide) groups is 1. The van der Waals surface area contributed by atoms with Crippen LogP contribution in [0.15, 0.2) is 5.16 Å². The summed E-state index contributed by atoms with van der Waals surface area (Å²) in [5, 5.41) is 1.58. The molecule has 0 spiro atoms. The largest absolute Gasteiger partial charge is 0.465 e. The van der Waals surface area contributed by atoms with E-state index in [1.54, 1.807) is 11.3 Å². The standard InChI is InChI=1S/C20H29N3O2S2/c1-5-6-9-25-15(24)11-26-19-22-17(21)16-13-8-7-12(20(2,3)4)10-14(13)27-18(16)23-19/h12H,5-11H2,1-4H3,(H2,21,22,23). The maximum atomic E-state index is 11.8. The summed E-state index contributed by atoms with van der Waals surface area (Å²) in [5.41, 5.74) is 7.92. The summed E-state index contributed by atoms with van der Waals surface area (Å²) in [6.45, 7) is 9.50. The Balaban J connectivity index is 1.75. The molecule has 1 aliphatic carbocycles. The molecule has 148 valence electrons. The van der Waals surface area contributed by atoms with Gasteiger partial charge in [0.1, 0.15) is 10.6 Å². The quantitative estimate of drug-likeness (QED) is 0.319. The second-order valence-corrected chi connectivity index (χ2v) is 10.3. The monoisotopic (exact) mass is 407 g/mol. The number of aryl methyl sites for hydroxylation is 1. The van der Waals surface area contributed by atoms with Gasteiger partial charge in [0.05, 0.1) is 17.7 Å². The SMILES string of the molecule is CCCCOC(=O)CSc1nc(N)c2c3c(sc2n1)CC(C(C)(C)C)CC3. The molecular weight excluding hydrogens is 378 g/mol. The molecule has 2 N–H and O–H groups in total.